The van der Waals surface area contributed by atoms with Gasteiger partial charge in [-0.1, -0.05) is 43.1 Å². The van der Waals surface area contributed by atoms with E-state index >= 15 is 0 Å². The van der Waals surface area contributed by atoms with Crippen molar-refractivity contribution in [1.82, 2.24) is 15.1 Å². The molecule has 0 radical (unpaired) electrons. The molecule has 1 fully saturated rings. The number of amides is 2. The van der Waals surface area contributed by atoms with E-state index in [1.165, 1.54) is 4.90 Å². The van der Waals surface area contributed by atoms with Gasteiger partial charge in [-0.2, -0.15) is 0 Å². The zero-order valence-electron chi connectivity index (χ0n) is 21.7. The summed E-state index contributed by atoms with van der Waals surface area (Å²) in [5.41, 5.74) is 11.9. The first-order valence-corrected chi connectivity index (χ1v) is 13.4. The van der Waals surface area contributed by atoms with Crippen molar-refractivity contribution in [1.29, 1.82) is 0 Å². The van der Waals surface area contributed by atoms with Crippen molar-refractivity contribution in [2.45, 2.75) is 64.5 Å². The second-order valence-corrected chi connectivity index (χ2v) is 11.2. The predicted octanol–water partition coefficient (Wildman–Crippen LogP) is 2.63. The van der Waals surface area contributed by atoms with Gasteiger partial charge in [-0.15, -0.1) is 0 Å². The summed E-state index contributed by atoms with van der Waals surface area (Å²) < 4.78 is 0. The molecule has 8 nitrogen and oxygen atoms in total. The number of primary amides is 1. The molecular weight excluding hydrogens is 501 g/mol. The first-order chi connectivity index (χ1) is 16.9. The number of nitrogens with one attached hydrogen (secondary N) is 1. The molecular formula is C26H41Cl2N5O3. The van der Waals surface area contributed by atoms with Crippen LogP contribution in [0.3, 0.4) is 0 Å². The average molecular weight is 543 g/mol. The van der Waals surface area contributed by atoms with Crippen molar-refractivity contribution in [2.75, 3.05) is 39.8 Å². The van der Waals surface area contributed by atoms with Crippen molar-refractivity contribution in [3.8, 4) is 0 Å². The minimum Gasteiger partial charge on any atom is -0.368 e. The Morgan fingerprint density at radius 2 is 2.00 bits per heavy atom. The van der Waals surface area contributed by atoms with E-state index in [2.05, 4.69) is 17.3 Å². The Morgan fingerprint density at radius 1 is 1.28 bits per heavy atom. The van der Waals surface area contributed by atoms with Gasteiger partial charge in [0.2, 0.25) is 11.8 Å². The number of carbonyl (C=O) groups excluding carboxylic acids is 3. The number of likely N-dealkylation sites (tertiary alicyclic amines) is 1. The summed E-state index contributed by atoms with van der Waals surface area (Å²) in [5, 5.41) is 4.35. The zero-order valence-corrected chi connectivity index (χ0v) is 23.2. The van der Waals surface area contributed by atoms with Gasteiger partial charge in [0.15, 0.2) is 5.78 Å². The van der Waals surface area contributed by atoms with Crippen LogP contribution in [0.2, 0.25) is 10.0 Å². The highest BCUT2D eigenvalue weighted by atomic mass is 35.5. The summed E-state index contributed by atoms with van der Waals surface area (Å²) >= 11 is 12.1. The highest BCUT2D eigenvalue weighted by Gasteiger charge is 2.31. The van der Waals surface area contributed by atoms with Crippen LogP contribution in [0, 0.1) is 5.41 Å². The minimum atomic E-state index is -0.697. The maximum Gasteiger partial charge on any atom is 0.239 e. The summed E-state index contributed by atoms with van der Waals surface area (Å²) in [5.74, 6) is -0.877. The number of nitrogens with zero attached hydrogens (tertiary/aromatic N) is 2. The third-order valence-electron chi connectivity index (χ3n) is 7.09. The number of Topliss-reactive ketones (excluding diaryl/α,β-unsaturated/α-hetero) is 1. The van der Waals surface area contributed by atoms with E-state index in [-0.39, 0.29) is 31.3 Å². The molecule has 0 aliphatic carbocycles. The topological polar surface area (TPSA) is 122 Å². The van der Waals surface area contributed by atoms with Crippen LogP contribution in [0.25, 0.3) is 0 Å². The largest absolute Gasteiger partial charge is 0.368 e. The van der Waals surface area contributed by atoms with E-state index in [4.69, 9.17) is 34.7 Å². The van der Waals surface area contributed by atoms with Crippen LogP contribution in [0.15, 0.2) is 18.2 Å². The van der Waals surface area contributed by atoms with Crippen LogP contribution in [0.4, 0.5) is 0 Å². The molecule has 10 heteroatoms. The Hall–Kier alpha value is -1.71. The molecule has 2 rings (SSSR count). The average Bonchev–Trinajstić information content (AvgIpc) is 3.22. The molecule has 0 spiro atoms. The van der Waals surface area contributed by atoms with Crippen molar-refractivity contribution in [3.05, 3.63) is 33.8 Å². The van der Waals surface area contributed by atoms with Gasteiger partial charge >= 0.3 is 0 Å². The number of halogens is 2. The molecule has 0 aromatic heterocycles. The molecule has 1 saturated heterocycles. The summed E-state index contributed by atoms with van der Waals surface area (Å²) in [6, 6.07) is 5.10. The molecule has 36 heavy (non-hydrogen) atoms. The van der Waals surface area contributed by atoms with Crippen molar-refractivity contribution in [2.24, 2.45) is 16.9 Å². The molecule has 202 valence electrons. The molecule has 1 aromatic rings. The standard InChI is InChI=1S/C26H41Cl2N5O3/c1-26(2,23(34)16-31-12-10-18-6-7-19(27)15-21(18)28)11-14-33(17-24(30)35)25(36)22(29)9-8-20-5-4-13-32(20)3/h6-7,15,20,22,31H,4-5,8-14,16-17,29H2,1-3H3,(H2,30,35)/t20-,22+/m1/s1. The molecule has 2 amide bonds. The smallest absolute Gasteiger partial charge is 0.239 e. The summed E-state index contributed by atoms with van der Waals surface area (Å²) in [6.45, 7) is 5.55. The number of hydrogen-bond acceptors (Lipinski definition) is 6. The van der Waals surface area contributed by atoms with Gasteiger partial charge in [0.25, 0.3) is 0 Å². The second-order valence-electron chi connectivity index (χ2n) is 10.4. The van der Waals surface area contributed by atoms with Gasteiger partial charge in [0.1, 0.15) is 0 Å². The molecule has 1 aliphatic rings. The van der Waals surface area contributed by atoms with Crippen LogP contribution in [-0.2, 0) is 20.8 Å². The van der Waals surface area contributed by atoms with Gasteiger partial charge in [-0.25, -0.2) is 0 Å². The molecule has 0 saturated carbocycles. The van der Waals surface area contributed by atoms with E-state index in [0.717, 1.165) is 31.4 Å². The summed E-state index contributed by atoms with van der Waals surface area (Å²) in [4.78, 5) is 41.2. The van der Waals surface area contributed by atoms with Gasteiger partial charge in [0, 0.05) is 28.0 Å². The summed E-state index contributed by atoms with van der Waals surface area (Å²) in [6.07, 6.45) is 4.72. The Balaban J connectivity index is 1.83. The first-order valence-electron chi connectivity index (χ1n) is 12.6. The Morgan fingerprint density at radius 3 is 2.61 bits per heavy atom. The third kappa shape index (κ3) is 9.63. The zero-order chi connectivity index (χ0) is 26.9. The lowest BCUT2D eigenvalue weighted by Crippen LogP contribution is -2.49. The Kier molecular flexibility index (Phi) is 12.1. The predicted molar refractivity (Wildman–Crippen MR) is 145 cm³/mol. The monoisotopic (exact) mass is 541 g/mol. The van der Waals surface area contributed by atoms with Gasteiger partial charge in [-0.05, 0) is 76.4 Å². The van der Waals surface area contributed by atoms with Crippen molar-refractivity contribution in [3.63, 3.8) is 0 Å². The molecule has 1 heterocycles. The minimum absolute atomic E-state index is 0.0183. The number of hydrogen-bond donors (Lipinski definition) is 3. The highest BCUT2D eigenvalue weighted by Crippen LogP contribution is 2.24. The second kappa shape index (κ2) is 14.3. The molecule has 1 aliphatic heterocycles. The van der Waals surface area contributed by atoms with Gasteiger partial charge < -0.3 is 26.6 Å². The van der Waals surface area contributed by atoms with E-state index in [0.29, 0.717) is 41.9 Å². The van der Waals surface area contributed by atoms with Crippen LogP contribution in [0.1, 0.15) is 51.5 Å². The molecule has 5 N–H and O–H groups in total. The quantitative estimate of drug-likeness (QED) is 0.293. The lowest BCUT2D eigenvalue weighted by molar-refractivity contribution is -0.137. The first kappa shape index (κ1) is 30.5. The fourth-order valence-electron chi connectivity index (χ4n) is 4.47. The maximum atomic E-state index is 13.0. The fraction of sp³-hybridized carbons (Fsp3) is 0.654. The van der Waals surface area contributed by atoms with E-state index in [1.54, 1.807) is 12.1 Å². The SMILES string of the molecule is CN1CCC[C@@H]1CC[C@H](N)C(=O)N(CCC(C)(C)C(=O)CNCCc1ccc(Cl)cc1Cl)CC(N)=O. The summed E-state index contributed by atoms with van der Waals surface area (Å²) in [7, 11) is 2.09. The van der Waals surface area contributed by atoms with E-state index in [1.807, 2.05) is 19.9 Å². The van der Waals surface area contributed by atoms with Gasteiger partial charge in [0.05, 0.1) is 19.1 Å². The normalized spacial score (nSPS) is 17.2. The number of benzene rings is 1. The van der Waals surface area contributed by atoms with Gasteiger partial charge in [-0.3, -0.25) is 14.4 Å². The van der Waals surface area contributed by atoms with Crippen LogP contribution < -0.4 is 16.8 Å². The number of rotatable bonds is 15. The maximum absolute atomic E-state index is 13.0. The lowest BCUT2D eigenvalue weighted by Gasteiger charge is -2.30. The van der Waals surface area contributed by atoms with Crippen molar-refractivity contribution < 1.29 is 14.4 Å². The van der Waals surface area contributed by atoms with E-state index in [9.17, 15) is 14.4 Å². The molecule has 1 aromatic carbocycles. The number of carbonyl (C=O) groups is 3. The Bertz CT molecular complexity index is 912. The molecule has 2 atom stereocenters. The lowest BCUT2D eigenvalue weighted by atomic mass is 9.84. The molecule has 0 bridgehead atoms. The number of ketones is 1. The van der Waals surface area contributed by atoms with Crippen LogP contribution >= 0.6 is 23.2 Å². The highest BCUT2D eigenvalue weighted by molar-refractivity contribution is 6.35. The van der Waals surface area contributed by atoms with Crippen LogP contribution in [0.5, 0.6) is 0 Å². The van der Waals surface area contributed by atoms with Crippen LogP contribution in [-0.4, -0.2) is 79.3 Å². The molecule has 0 unspecified atom stereocenters. The fourth-order valence-corrected chi connectivity index (χ4v) is 4.97. The number of nitrogens with two attached hydrogens (primary N) is 2. The van der Waals surface area contributed by atoms with Crippen molar-refractivity contribution >= 4 is 40.8 Å². The third-order valence-corrected chi connectivity index (χ3v) is 7.68. The Labute approximate surface area is 225 Å². The van der Waals surface area contributed by atoms with E-state index < -0.39 is 17.4 Å².